The van der Waals surface area contributed by atoms with Gasteiger partial charge in [0.2, 0.25) is 0 Å². The van der Waals surface area contributed by atoms with Gasteiger partial charge in [0.1, 0.15) is 0 Å². The van der Waals surface area contributed by atoms with Crippen molar-refractivity contribution < 1.29 is 9.47 Å². The number of aromatic nitrogens is 2. The summed E-state index contributed by atoms with van der Waals surface area (Å²) in [5, 5.41) is 11.0. The molecule has 0 unspecified atom stereocenters. The quantitative estimate of drug-likeness (QED) is 0.907. The number of methoxy groups -OCH3 is 1. The molecule has 0 aliphatic carbocycles. The second kappa shape index (κ2) is 5.77. The fraction of sp³-hybridized carbons (Fsp3) is 0.438. The van der Waals surface area contributed by atoms with Crippen LogP contribution < -0.4 is 14.8 Å². The maximum Gasteiger partial charge on any atom is 0.161 e. The number of hydrogen-bond acceptors (Lipinski definition) is 4. The lowest BCUT2D eigenvalue weighted by molar-refractivity contribution is 0.230. The van der Waals surface area contributed by atoms with E-state index in [1.165, 1.54) is 11.3 Å². The Labute approximate surface area is 124 Å². The van der Waals surface area contributed by atoms with E-state index in [1.54, 1.807) is 7.11 Å². The zero-order chi connectivity index (χ0) is 14.8. The molecule has 0 fully saturated rings. The van der Waals surface area contributed by atoms with E-state index in [1.807, 2.05) is 32.0 Å². The number of aromatic amines is 1. The van der Waals surface area contributed by atoms with Crippen molar-refractivity contribution in [1.82, 2.24) is 15.5 Å². The van der Waals surface area contributed by atoms with Crippen LogP contribution in [0.5, 0.6) is 11.5 Å². The predicted molar refractivity (Wildman–Crippen MR) is 81.8 cm³/mol. The molecule has 21 heavy (non-hydrogen) atoms. The first-order chi connectivity index (χ1) is 10.2. The first kappa shape index (κ1) is 13.9. The topological polar surface area (TPSA) is 59.2 Å². The van der Waals surface area contributed by atoms with E-state index < -0.39 is 0 Å². The van der Waals surface area contributed by atoms with Crippen LogP contribution in [0.4, 0.5) is 0 Å². The van der Waals surface area contributed by atoms with Crippen LogP contribution in [-0.4, -0.2) is 30.0 Å². The number of benzene rings is 1. The van der Waals surface area contributed by atoms with Gasteiger partial charge < -0.3 is 14.8 Å². The molecule has 1 aromatic heterocycles. The fourth-order valence-corrected chi connectivity index (χ4v) is 2.63. The van der Waals surface area contributed by atoms with Gasteiger partial charge in [-0.25, -0.2) is 0 Å². The number of hydrogen-bond donors (Lipinski definition) is 2. The van der Waals surface area contributed by atoms with Crippen LogP contribution in [0.3, 0.4) is 0 Å². The molecule has 3 rings (SSSR count). The number of rotatable bonds is 4. The van der Waals surface area contributed by atoms with Gasteiger partial charge in [0.25, 0.3) is 0 Å². The van der Waals surface area contributed by atoms with Gasteiger partial charge in [-0.1, -0.05) is 0 Å². The Morgan fingerprint density at radius 3 is 2.86 bits per heavy atom. The van der Waals surface area contributed by atoms with E-state index in [0.29, 0.717) is 0 Å². The molecule has 0 radical (unpaired) electrons. The van der Waals surface area contributed by atoms with Gasteiger partial charge >= 0.3 is 0 Å². The molecule has 1 aliphatic rings. The molecule has 2 aromatic rings. The van der Waals surface area contributed by atoms with Crippen LogP contribution in [-0.2, 0) is 13.0 Å². The van der Waals surface area contributed by atoms with Crippen molar-refractivity contribution in [2.75, 3.05) is 13.7 Å². The highest BCUT2D eigenvalue weighted by molar-refractivity contribution is 5.67. The molecular formula is C16H21N3O2. The van der Waals surface area contributed by atoms with E-state index in [9.17, 15) is 0 Å². The molecule has 0 atom stereocenters. The standard InChI is InChI=1S/C16H21N3O2/c1-10(2)21-14-5-4-11(8-15(14)20-3)16-12-9-17-7-6-13(12)18-19-16/h4-5,8,10,17H,6-7,9H2,1-3H3,(H,18,19). The molecule has 2 N–H and O–H groups in total. The van der Waals surface area contributed by atoms with Crippen molar-refractivity contribution in [2.24, 2.45) is 0 Å². The fourth-order valence-electron chi connectivity index (χ4n) is 2.63. The minimum Gasteiger partial charge on any atom is -0.493 e. The zero-order valence-electron chi connectivity index (χ0n) is 12.7. The van der Waals surface area contributed by atoms with Crippen molar-refractivity contribution in [2.45, 2.75) is 32.9 Å². The molecule has 0 bridgehead atoms. The summed E-state index contributed by atoms with van der Waals surface area (Å²) in [6, 6.07) is 5.97. The first-order valence-corrected chi connectivity index (χ1v) is 7.31. The van der Waals surface area contributed by atoms with E-state index in [-0.39, 0.29) is 6.10 Å². The highest BCUT2D eigenvalue weighted by Crippen LogP contribution is 2.34. The smallest absolute Gasteiger partial charge is 0.161 e. The Bertz CT molecular complexity index is 634. The number of ether oxygens (including phenoxy) is 2. The normalized spacial score (nSPS) is 14.1. The lowest BCUT2D eigenvalue weighted by Crippen LogP contribution is -2.23. The van der Waals surface area contributed by atoms with Crippen molar-refractivity contribution in [3.8, 4) is 22.8 Å². The Morgan fingerprint density at radius 2 is 2.10 bits per heavy atom. The second-order valence-electron chi connectivity index (χ2n) is 5.49. The van der Waals surface area contributed by atoms with E-state index >= 15 is 0 Å². The molecule has 0 saturated heterocycles. The summed E-state index contributed by atoms with van der Waals surface area (Å²) in [6.07, 6.45) is 1.11. The molecule has 1 aliphatic heterocycles. The second-order valence-corrected chi connectivity index (χ2v) is 5.49. The van der Waals surface area contributed by atoms with Crippen LogP contribution in [0.25, 0.3) is 11.3 Å². The molecule has 0 saturated carbocycles. The van der Waals surface area contributed by atoms with Gasteiger partial charge in [0, 0.05) is 36.3 Å². The van der Waals surface area contributed by atoms with Gasteiger partial charge in [-0.2, -0.15) is 5.10 Å². The Morgan fingerprint density at radius 1 is 1.24 bits per heavy atom. The average Bonchev–Trinajstić information content (AvgIpc) is 2.91. The van der Waals surface area contributed by atoms with Crippen molar-refractivity contribution in [1.29, 1.82) is 0 Å². The van der Waals surface area contributed by atoms with Crippen LogP contribution in [0.2, 0.25) is 0 Å². The summed E-state index contributed by atoms with van der Waals surface area (Å²) in [6.45, 7) is 5.86. The van der Waals surface area contributed by atoms with Gasteiger partial charge in [0.15, 0.2) is 11.5 Å². The molecule has 2 heterocycles. The van der Waals surface area contributed by atoms with Crippen LogP contribution >= 0.6 is 0 Å². The van der Waals surface area contributed by atoms with Gasteiger partial charge in [-0.15, -0.1) is 0 Å². The monoisotopic (exact) mass is 287 g/mol. The largest absolute Gasteiger partial charge is 0.493 e. The van der Waals surface area contributed by atoms with E-state index in [2.05, 4.69) is 15.5 Å². The van der Waals surface area contributed by atoms with Crippen LogP contribution in [0.1, 0.15) is 25.1 Å². The summed E-state index contributed by atoms with van der Waals surface area (Å²) in [7, 11) is 1.66. The molecule has 1 aromatic carbocycles. The van der Waals surface area contributed by atoms with E-state index in [0.717, 1.165) is 42.3 Å². The first-order valence-electron chi connectivity index (χ1n) is 7.31. The van der Waals surface area contributed by atoms with Crippen LogP contribution in [0.15, 0.2) is 18.2 Å². The van der Waals surface area contributed by atoms with Gasteiger partial charge in [-0.3, -0.25) is 5.10 Å². The van der Waals surface area contributed by atoms with E-state index in [4.69, 9.17) is 9.47 Å². The summed E-state index contributed by atoms with van der Waals surface area (Å²) in [4.78, 5) is 0. The zero-order valence-corrected chi connectivity index (χ0v) is 12.7. The Kier molecular flexibility index (Phi) is 3.84. The number of nitrogens with zero attached hydrogens (tertiary/aromatic N) is 1. The molecule has 112 valence electrons. The van der Waals surface area contributed by atoms with Gasteiger partial charge in [0.05, 0.1) is 18.9 Å². The summed E-state index contributed by atoms with van der Waals surface area (Å²) < 4.78 is 11.2. The summed E-state index contributed by atoms with van der Waals surface area (Å²) in [5.41, 5.74) is 4.52. The minimum atomic E-state index is 0.118. The minimum absolute atomic E-state index is 0.118. The number of fused-ring (bicyclic) bond motifs is 1. The summed E-state index contributed by atoms with van der Waals surface area (Å²) in [5.74, 6) is 1.50. The molecular weight excluding hydrogens is 266 g/mol. The Balaban J connectivity index is 1.97. The lowest BCUT2D eigenvalue weighted by Gasteiger charge is -2.15. The van der Waals surface area contributed by atoms with Crippen molar-refractivity contribution >= 4 is 0 Å². The highest BCUT2D eigenvalue weighted by Gasteiger charge is 2.19. The highest BCUT2D eigenvalue weighted by atomic mass is 16.5. The molecule has 5 nitrogen and oxygen atoms in total. The lowest BCUT2D eigenvalue weighted by atomic mass is 10.0. The third-order valence-electron chi connectivity index (χ3n) is 3.61. The average molecular weight is 287 g/mol. The molecule has 0 spiro atoms. The Hall–Kier alpha value is -2.01. The molecule has 0 amide bonds. The number of nitrogens with one attached hydrogen (secondary N) is 2. The van der Waals surface area contributed by atoms with Crippen LogP contribution in [0, 0.1) is 0 Å². The maximum absolute atomic E-state index is 5.76. The summed E-state index contributed by atoms with van der Waals surface area (Å²) >= 11 is 0. The predicted octanol–water partition coefficient (Wildman–Crippen LogP) is 2.52. The SMILES string of the molecule is COc1cc(-c2n[nH]c3c2CNCC3)ccc1OC(C)C. The van der Waals surface area contributed by atoms with Crippen molar-refractivity contribution in [3.63, 3.8) is 0 Å². The maximum atomic E-state index is 5.76. The third kappa shape index (κ3) is 2.74. The third-order valence-corrected chi connectivity index (χ3v) is 3.61. The van der Waals surface area contributed by atoms with Crippen molar-refractivity contribution in [3.05, 3.63) is 29.5 Å². The van der Waals surface area contributed by atoms with Gasteiger partial charge in [-0.05, 0) is 32.0 Å². The number of H-pyrrole nitrogens is 1. The molecule has 5 heteroatoms.